The Morgan fingerprint density at radius 3 is 2.72 bits per heavy atom. The van der Waals surface area contributed by atoms with Gasteiger partial charge < -0.3 is 10.6 Å². The Labute approximate surface area is 170 Å². The first-order valence-corrected chi connectivity index (χ1v) is 10.1. The molecule has 1 unspecified atom stereocenters. The lowest BCUT2D eigenvalue weighted by Crippen LogP contribution is -2.46. The maximum Gasteiger partial charge on any atom is 0.416 e. The van der Waals surface area contributed by atoms with E-state index in [0.29, 0.717) is 35.9 Å². The van der Waals surface area contributed by atoms with Crippen LogP contribution in [0.3, 0.4) is 0 Å². The number of rotatable bonds is 6. The summed E-state index contributed by atoms with van der Waals surface area (Å²) in [6.45, 7) is 3.03. The van der Waals surface area contributed by atoms with E-state index in [-0.39, 0.29) is 24.4 Å². The Morgan fingerprint density at radius 2 is 2.07 bits per heavy atom. The standard InChI is InChI=1S/C19H21F3N4O2S/c1-12(9-13-3-5-14(6-4-13)19(20,21)22)24-16(27)10-15-11-29-18(25-15)26-8-2-7-23-17(26)28/h3-6,11-12H,2,7-10H2,1H3,(H,23,28)(H,24,27). The Hall–Kier alpha value is -2.62. The van der Waals surface area contributed by atoms with E-state index < -0.39 is 11.7 Å². The second kappa shape index (κ2) is 8.81. The largest absolute Gasteiger partial charge is 0.416 e. The van der Waals surface area contributed by atoms with Crippen molar-refractivity contribution in [3.05, 3.63) is 46.5 Å². The molecule has 156 valence electrons. The normalized spacial score (nSPS) is 15.7. The minimum atomic E-state index is -4.36. The van der Waals surface area contributed by atoms with Gasteiger partial charge in [0.15, 0.2) is 5.13 Å². The summed E-state index contributed by atoms with van der Waals surface area (Å²) in [6.07, 6.45) is -3.04. The zero-order valence-corrected chi connectivity index (χ0v) is 16.6. The summed E-state index contributed by atoms with van der Waals surface area (Å²) < 4.78 is 37.8. The molecule has 3 amide bonds. The van der Waals surface area contributed by atoms with Gasteiger partial charge in [0.1, 0.15) is 0 Å². The Morgan fingerprint density at radius 1 is 1.34 bits per heavy atom. The van der Waals surface area contributed by atoms with E-state index in [1.807, 2.05) is 0 Å². The molecule has 1 aromatic heterocycles. The molecule has 6 nitrogen and oxygen atoms in total. The van der Waals surface area contributed by atoms with E-state index in [1.165, 1.54) is 23.5 Å². The van der Waals surface area contributed by atoms with Crippen molar-refractivity contribution in [2.24, 2.45) is 0 Å². The van der Waals surface area contributed by atoms with Gasteiger partial charge in [0.2, 0.25) is 5.91 Å². The van der Waals surface area contributed by atoms with Crippen molar-refractivity contribution >= 4 is 28.4 Å². The summed E-state index contributed by atoms with van der Waals surface area (Å²) in [5.74, 6) is -0.232. The van der Waals surface area contributed by atoms with E-state index in [1.54, 1.807) is 17.2 Å². The van der Waals surface area contributed by atoms with Crippen molar-refractivity contribution in [3.8, 4) is 0 Å². The van der Waals surface area contributed by atoms with Gasteiger partial charge in [-0.2, -0.15) is 13.2 Å². The van der Waals surface area contributed by atoms with Gasteiger partial charge in [-0.25, -0.2) is 9.78 Å². The predicted molar refractivity (Wildman–Crippen MR) is 104 cm³/mol. The fourth-order valence-electron chi connectivity index (χ4n) is 3.04. The molecule has 0 bridgehead atoms. The zero-order valence-electron chi connectivity index (χ0n) is 15.8. The number of anilines is 1. The third-order valence-electron chi connectivity index (χ3n) is 4.42. The number of thiazole rings is 1. The van der Waals surface area contributed by atoms with Crippen molar-refractivity contribution in [3.63, 3.8) is 0 Å². The van der Waals surface area contributed by atoms with Crippen LogP contribution in [0.2, 0.25) is 0 Å². The smallest absolute Gasteiger partial charge is 0.353 e. The summed E-state index contributed by atoms with van der Waals surface area (Å²) in [4.78, 5) is 30.0. The molecule has 0 spiro atoms. The molecule has 1 aliphatic rings. The van der Waals surface area contributed by atoms with Crippen LogP contribution < -0.4 is 15.5 Å². The molecule has 1 saturated heterocycles. The van der Waals surface area contributed by atoms with Gasteiger partial charge >= 0.3 is 12.2 Å². The van der Waals surface area contributed by atoms with Crippen LogP contribution in [0.15, 0.2) is 29.6 Å². The first kappa shape index (κ1) is 21.1. The number of amides is 3. The molecule has 2 heterocycles. The van der Waals surface area contributed by atoms with Gasteiger partial charge in [-0.1, -0.05) is 12.1 Å². The maximum absolute atomic E-state index is 12.6. The van der Waals surface area contributed by atoms with Gasteiger partial charge in [-0.05, 0) is 37.5 Å². The first-order chi connectivity index (χ1) is 13.7. The number of aromatic nitrogens is 1. The average Bonchev–Trinajstić information content (AvgIpc) is 3.09. The number of hydrogen-bond acceptors (Lipinski definition) is 4. The Kier molecular flexibility index (Phi) is 6.41. The SMILES string of the molecule is CC(Cc1ccc(C(F)(F)F)cc1)NC(=O)Cc1csc(N2CCCNC2=O)n1. The molecule has 1 aliphatic heterocycles. The molecule has 0 aliphatic carbocycles. The molecular weight excluding hydrogens is 405 g/mol. The fourth-order valence-corrected chi connectivity index (χ4v) is 3.89. The van der Waals surface area contributed by atoms with E-state index in [4.69, 9.17) is 0 Å². The number of nitrogens with one attached hydrogen (secondary N) is 2. The van der Waals surface area contributed by atoms with Crippen LogP contribution in [0.25, 0.3) is 0 Å². The number of hydrogen-bond donors (Lipinski definition) is 2. The fraction of sp³-hybridized carbons (Fsp3) is 0.421. The van der Waals surface area contributed by atoms with E-state index in [2.05, 4.69) is 15.6 Å². The van der Waals surface area contributed by atoms with Crippen LogP contribution in [0, 0.1) is 0 Å². The molecule has 2 aromatic rings. The Balaban J connectivity index is 1.51. The van der Waals surface area contributed by atoms with E-state index in [0.717, 1.165) is 18.6 Å². The van der Waals surface area contributed by atoms with Crippen LogP contribution in [0.1, 0.15) is 30.2 Å². The number of urea groups is 1. The molecule has 3 rings (SSSR count). The highest BCUT2D eigenvalue weighted by molar-refractivity contribution is 7.14. The monoisotopic (exact) mass is 426 g/mol. The van der Waals surface area contributed by atoms with Crippen molar-refractivity contribution in [1.82, 2.24) is 15.6 Å². The first-order valence-electron chi connectivity index (χ1n) is 9.17. The molecule has 2 N–H and O–H groups in total. The predicted octanol–water partition coefficient (Wildman–Crippen LogP) is 3.37. The van der Waals surface area contributed by atoms with Crippen molar-refractivity contribution in [1.29, 1.82) is 0 Å². The summed E-state index contributed by atoms with van der Waals surface area (Å²) in [6, 6.07) is 4.48. The quantitative estimate of drug-likeness (QED) is 0.744. The Bertz CT molecular complexity index is 867. The van der Waals surface area contributed by atoms with Gasteiger partial charge in [0.05, 0.1) is 17.7 Å². The molecule has 1 fully saturated rings. The van der Waals surface area contributed by atoms with E-state index in [9.17, 15) is 22.8 Å². The molecular formula is C19H21F3N4O2S. The molecule has 0 saturated carbocycles. The summed E-state index contributed by atoms with van der Waals surface area (Å²) in [5.41, 5.74) is 0.583. The van der Waals surface area contributed by atoms with Crippen LogP contribution in [0.5, 0.6) is 0 Å². The number of halogens is 3. The average molecular weight is 426 g/mol. The van der Waals surface area contributed by atoms with Crippen LogP contribution in [-0.4, -0.2) is 36.1 Å². The number of benzene rings is 1. The summed E-state index contributed by atoms with van der Waals surface area (Å²) in [7, 11) is 0. The van der Waals surface area contributed by atoms with Crippen LogP contribution >= 0.6 is 11.3 Å². The number of carbonyl (C=O) groups excluding carboxylic acids is 2. The minimum absolute atomic E-state index is 0.0727. The molecule has 1 aromatic carbocycles. The maximum atomic E-state index is 12.6. The number of carbonyl (C=O) groups is 2. The highest BCUT2D eigenvalue weighted by Gasteiger charge is 2.30. The molecule has 29 heavy (non-hydrogen) atoms. The zero-order chi connectivity index (χ0) is 21.0. The minimum Gasteiger partial charge on any atom is -0.353 e. The lowest BCUT2D eigenvalue weighted by Gasteiger charge is -2.24. The lowest BCUT2D eigenvalue weighted by molar-refractivity contribution is -0.137. The third-order valence-corrected chi connectivity index (χ3v) is 5.34. The molecule has 10 heteroatoms. The lowest BCUT2D eigenvalue weighted by atomic mass is 10.0. The number of nitrogens with zero attached hydrogens (tertiary/aromatic N) is 2. The summed E-state index contributed by atoms with van der Waals surface area (Å²) in [5, 5.41) is 7.89. The van der Waals surface area contributed by atoms with Gasteiger partial charge in [0, 0.05) is 24.5 Å². The van der Waals surface area contributed by atoms with E-state index >= 15 is 0 Å². The highest BCUT2D eigenvalue weighted by Crippen LogP contribution is 2.29. The van der Waals surface area contributed by atoms with Gasteiger partial charge in [-0.3, -0.25) is 9.69 Å². The third kappa shape index (κ3) is 5.69. The number of alkyl halides is 3. The second-order valence-corrected chi connectivity index (χ2v) is 7.74. The van der Waals surface area contributed by atoms with Crippen LogP contribution in [-0.2, 0) is 23.8 Å². The van der Waals surface area contributed by atoms with Gasteiger partial charge in [0.25, 0.3) is 0 Å². The summed E-state index contributed by atoms with van der Waals surface area (Å²) >= 11 is 1.31. The highest BCUT2D eigenvalue weighted by atomic mass is 32.1. The van der Waals surface area contributed by atoms with Crippen molar-refractivity contribution < 1.29 is 22.8 Å². The molecule has 1 atom stereocenters. The van der Waals surface area contributed by atoms with Crippen molar-refractivity contribution in [2.75, 3.05) is 18.0 Å². The topological polar surface area (TPSA) is 74.3 Å². The molecule has 0 radical (unpaired) electrons. The van der Waals surface area contributed by atoms with Gasteiger partial charge in [-0.15, -0.1) is 11.3 Å². The van der Waals surface area contributed by atoms with Crippen molar-refractivity contribution in [2.45, 2.75) is 38.4 Å². The second-order valence-electron chi connectivity index (χ2n) is 6.90. The van der Waals surface area contributed by atoms with Crippen LogP contribution in [0.4, 0.5) is 23.1 Å².